The monoisotopic (exact) mass is 285 g/mol. The average molecular weight is 287 g/mol. The second-order valence-corrected chi connectivity index (χ2v) is 4.41. The lowest BCUT2D eigenvalue weighted by atomic mass is 10.1. The van der Waals surface area contributed by atoms with E-state index in [-0.39, 0.29) is 0 Å². The summed E-state index contributed by atoms with van der Waals surface area (Å²) >= 11 is 9.12. The summed E-state index contributed by atoms with van der Waals surface area (Å²) in [5, 5.41) is 3.91. The maximum absolute atomic E-state index is 5.73. The number of aromatic nitrogens is 1. The Morgan fingerprint density at radius 1 is 1.33 bits per heavy atom. The van der Waals surface area contributed by atoms with E-state index in [4.69, 9.17) is 16.1 Å². The molecule has 1 heterocycles. The number of halogens is 2. The van der Waals surface area contributed by atoms with E-state index in [9.17, 15) is 0 Å². The molecule has 0 aliphatic heterocycles. The number of alkyl halides is 1. The molecule has 0 spiro atoms. The summed E-state index contributed by atoms with van der Waals surface area (Å²) in [5.74, 6) is 1.17. The number of hydrogen-bond donors (Lipinski definition) is 0. The summed E-state index contributed by atoms with van der Waals surface area (Å²) in [5.41, 5.74) is 2.82. The van der Waals surface area contributed by atoms with Gasteiger partial charge in [0.15, 0.2) is 5.76 Å². The quantitative estimate of drug-likeness (QED) is 0.775. The Morgan fingerprint density at radius 2 is 2.00 bits per heavy atom. The van der Waals surface area contributed by atoms with E-state index >= 15 is 0 Å². The molecule has 0 saturated heterocycles. The molecule has 2 nitrogen and oxygen atoms in total. The molecular formula is C11H9BrClNO. The van der Waals surface area contributed by atoms with Gasteiger partial charge in [0.1, 0.15) is 5.69 Å². The molecule has 0 unspecified atom stereocenters. The van der Waals surface area contributed by atoms with Gasteiger partial charge in [0, 0.05) is 15.6 Å². The minimum atomic E-state index is 0.381. The average Bonchev–Trinajstić information content (AvgIpc) is 2.61. The predicted molar refractivity (Wildman–Crippen MR) is 63.9 cm³/mol. The third-order valence-corrected chi connectivity index (χ3v) is 3.04. The third kappa shape index (κ3) is 2.08. The van der Waals surface area contributed by atoms with Gasteiger partial charge in [-0.2, -0.15) is 0 Å². The highest BCUT2D eigenvalue weighted by molar-refractivity contribution is 9.10. The van der Waals surface area contributed by atoms with E-state index in [2.05, 4.69) is 21.1 Å². The van der Waals surface area contributed by atoms with Crippen molar-refractivity contribution in [1.29, 1.82) is 0 Å². The van der Waals surface area contributed by atoms with Crippen LogP contribution >= 0.6 is 27.5 Å². The molecule has 0 N–H and O–H groups in total. The summed E-state index contributed by atoms with van der Waals surface area (Å²) in [7, 11) is 0. The summed E-state index contributed by atoms with van der Waals surface area (Å²) in [6.07, 6.45) is 0. The fourth-order valence-electron chi connectivity index (χ4n) is 1.36. The van der Waals surface area contributed by atoms with Crippen LogP contribution in [0.2, 0.25) is 0 Å². The summed E-state index contributed by atoms with van der Waals surface area (Å²) < 4.78 is 6.31. The minimum absolute atomic E-state index is 0.381. The van der Waals surface area contributed by atoms with Crippen LogP contribution in [-0.2, 0) is 5.88 Å². The predicted octanol–water partition coefficient (Wildman–Crippen LogP) is 4.15. The van der Waals surface area contributed by atoms with E-state index in [0.717, 1.165) is 27.1 Å². The van der Waals surface area contributed by atoms with Crippen molar-refractivity contribution >= 4 is 27.5 Å². The van der Waals surface area contributed by atoms with Crippen molar-refractivity contribution in [2.75, 3.05) is 0 Å². The second kappa shape index (κ2) is 4.37. The number of benzene rings is 1. The van der Waals surface area contributed by atoms with Gasteiger partial charge in [0.05, 0.1) is 5.88 Å². The molecule has 0 atom stereocenters. The Balaban J connectivity index is 2.45. The fourth-order valence-corrected chi connectivity index (χ4v) is 1.88. The molecule has 0 saturated carbocycles. The molecular weight excluding hydrogens is 277 g/mol. The standard InChI is InChI=1S/C11H9BrClNO/c1-7-10(6-13)14-15-11(7)8-2-4-9(12)5-3-8/h2-5H,6H2,1H3. The molecule has 4 heteroatoms. The van der Waals surface area contributed by atoms with Crippen molar-refractivity contribution in [1.82, 2.24) is 5.16 Å². The summed E-state index contributed by atoms with van der Waals surface area (Å²) in [6.45, 7) is 1.96. The first kappa shape index (κ1) is 10.7. The summed E-state index contributed by atoms with van der Waals surface area (Å²) in [4.78, 5) is 0. The summed E-state index contributed by atoms with van der Waals surface area (Å²) in [6, 6.07) is 7.90. The third-order valence-electron chi connectivity index (χ3n) is 2.25. The number of rotatable bonds is 2. The lowest BCUT2D eigenvalue weighted by Gasteiger charge is -1.97. The zero-order valence-corrected chi connectivity index (χ0v) is 10.5. The minimum Gasteiger partial charge on any atom is -0.356 e. The van der Waals surface area contributed by atoms with Gasteiger partial charge in [0.2, 0.25) is 0 Å². The van der Waals surface area contributed by atoms with Gasteiger partial charge in [-0.1, -0.05) is 33.2 Å². The van der Waals surface area contributed by atoms with Gasteiger partial charge in [0.25, 0.3) is 0 Å². The molecule has 2 aromatic rings. The first-order valence-corrected chi connectivity index (χ1v) is 5.82. The van der Waals surface area contributed by atoms with Gasteiger partial charge in [-0.25, -0.2) is 0 Å². The number of hydrogen-bond acceptors (Lipinski definition) is 2. The van der Waals surface area contributed by atoms with Gasteiger partial charge in [-0.15, -0.1) is 11.6 Å². The van der Waals surface area contributed by atoms with E-state index in [1.54, 1.807) is 0 Å². The van der Waals surface area contributed by atoms with Crippen LogP contribution in [-0.4, -0.2) is 5.16 Å². The normalized spacial score (nSPS) is 10.6. The van der Waals surface area contributed by atoms with Gasteiger partial charge < -0.3 is 4.52 Å². The highest BCUT2D eigenvalue weighted by Crippen LogP contribution is 2.27. The Hall–Kier alpha value is -0.800. The molecule has 78 valence electrons. The smallest absolute Gasteiger partial charge is 0.170 e. The molecule has 0 amide bonds. The topological polar surface area (TPSA) is 26.0 Å². The highest BCUT2D eigenvalue weighted by atomic mass is 79.9. The molecule has 0 aliphatic rings. The molecule has 1 aromatic carbocycles. The fraction of sp³-hybridized carbons (Fsp3) is 0.182. The zero-order chi connectivity index (χ0) is 10.8. The van der Waals surface area contributed by atoms with Gasteiger partial charge in [-0.3, -0.25) is 0 Å². The maximum atomic E-state index is 5.73. The molecule has 0 radical (unpaired) electrons. The van der Waals surface area contributed by atoms with Gasteiger partial charge in [-0.05, 0) is 19.1 Å². The number of nitrogens with zero attached hydrogens (tertiary/aromatic N) is 1. The van der Waals surface area contributed by atoms with Crippen molar-refractivity contribution in [3.63, 3.8) is 0 Å². The largest absolute Gasteiger partial charge is 0.356 e. The maximum Gasteiger partial charge on any atom is 0.170 e. The highest BCUT2D eigenvalue weighted by Gasteiger charge is 2.12. The van der Waals surface area contributed by atoms with Crippen molar-refractivity contribution < 1.29 is 4.52 Å². The van der Waals surface area contributed by atoms with Crippen LogP contribution in [0.5, 0.6) is 0 Å². The Bertz CT molecular complexity index is 464. The Kier molecular flexibility index (Phi) is 3.12. The molecule has 0 aliphatic carbocycles. The van der Waals surface area contributed by atoms with Crippen molar-refractivity contribution in [3.8, 4) is 11.3 Å². The molecule has 1 aromatic heterocycles. The van der Waals surface area contributed by atoms with Crippen molar-refractivity contribution in [3.05, 3.63) is 40.0 Å². The van der Waals surface area contributed by atoms with Crippen LogP contribution < -0.4 is 0 Å². The van der Waals surface area contributed by atoms with Crippen LogP contribution in [0.4, 0.5) is 0 Å². The molecule has 0 bridgehead atoms. The SMILES string of the molecule is Cc1c(CCl)noc1-c1ccc(Br)cc1. The zero-order valence-electron chi connectivity index (χ0n) is 8.13. The van der Waals surface area contributed by atoms with Crippen LogP contribution in [0.25, 0.3) is 11.3 Å². The van der Waals surface area contributed by atoms with Crippen molar-refractivity contribution in [2.45, 2.75) is 12.8 Å². The van der Waals surface area contributed by atoms with Crippen molar-refractivity contribution in [2.24, 2.45) is 0 Å². The van der Waals surface area contributed by atoms with Crippen LogP contribution in [0.1, 0.15) is 11.3 Å². The second-order valence-electron chi connectivity index (χ2n) is 3.22. The first-order chi connectivity index (χ1) is 7.22. The van der Waals surface area contributed by atoms with E-state index < -0.39 is 0 Å². The van der Waals surface area contributed by atoms with Crippen LogP contribution in [0.15, 0.2) is 33.3 Å². The Labute approximate surface area is 101 Å². The lowest BCUT2D eigenvalue weighted by Crippen LogP contribution is -1.81. The Morgan fingerprint density at radius 3 is 2.53 bits per heavy atom. The lowest BCUT2D eigenvalue weighted by molar-refractivity contribution is 0.426. The van der Waals surface area contributed by atoms with E-state index in [0.29, 0.717) is 5.88 Å². The molecule has 15 heavy (non-hydrogen) atoms. The van der Waals surface area contributed by atoms with E-state index in [1.807, 2.05) is 31.2 Å². The molecule has 2 rings (SSSR count). The molecule has 0 fully saturated rings. The van der Waals surface area contributed by atoms with Gasteiger partial charge >= 0.3 is 0 Å². The van der Waals surface area contributed by atoms with E-state index in [1.165, 1.54) is 0 Å². The van der Waals surface area contributed by atoms with Crippen LogP contribution in [0, 0.1) is 6.92 Å². The van der Waals surface area contributed by atoms with Crippen LogP contribution in [0.3, 0.4) is 0 Å². The first-order valence-electron chi connectivity index (χ1n) is 4.49.